The number of thiol groups is 1. The van der Waals surface area contributed by atoms with Crippen molar-refractivity contribution in [2.75, 3.05) is 12.4 Å². The van der Waals surface area contributed by atoms with Gasteiger partial charge in [0.2, 0.25) is 0 Å². The molecule has 6 heteroatoms. The Hall–Kier alpha value is -1.53. The van der Waals surface area contributed by atoms with Crippen molar-refractivity contribution in [3.63, 3.8) is 0 Å². The second kappa shape index (κ2) is 6.28. The second-order valence-electron chi connectivity index (χ2n) is 3.96. The Morgan fingerprint density at radius 3 is 2.70 bits per heavy atom. The summed E-state index contributed by atoms with van der Waals surface area (Å²) in [5.74, 6) is -0.512. The van der Waals surface area contributed by atoms with E-state index >= 15 is 0 Å². The summed E-state index contributed by atoms with van der Waals surface area (Å²) in [5.41, 5.74) is 0.817. The van der Waals surface area contributed by atoms with Crippen molar-refractivity contribution in [1.29, 1.82) is 0 Å². The van der Waals surface area contributed by atoms with Gasteiger partial charge in [-0.15, -0.1) is 12.6 Å². The smallest absolute Gasteiger partial charge is 0.256 e. The average molecular weight is 356 g/mol. The number of rotatable bonds is 3. The Labute approximate surface area is 129 Å². The molecule has 3 nitrogen and oxygen atoms in total. The highest BCUT2D eigenvalue weighted by molar-refractivity contribution is 9.10. The normalized spacial score (nSPS) is 10.2. The Balaban J connectivity index is 2.28. The number of ether oxygens (including phenoxy) is 1. The molecule has 1 N–H and O–H groups in total. The van der Waals surface area contributed by atoms with E-state index in [4.69, 9.17) is 4.74 Å². The van der Waals surface area contributed by atoms with E-state index in [-0.39, 0.29) is 11.7 Å². The number of hydrogen-bond donors (Lipinski definition) is 2. The summed E-state index contributed by atoms with van der Waals surface area (Å²) in [5, 5.41) is 2.67. The van der Waals surface area contributed by atoms with Gasteiger partial charge in [-0.2, -0.15) is 0 Å². The largest absolute Gasteiger partial charge is 0.494 e. The lowest BCUT2D eigenvalue weighted by Gasteiger charge is -2.11. The summed E-state index contributed by atoms with van der Waals surface area (Å²) in [4.78, 5) is 12.7. The Morgan fingerprint density at radius 1 is 1.30 bits per heavy atom. The first kappa shape index (κ1) is 14.9. The van der Waals surface area contributed by atoms with E-state index in [0.29, 0.717) is 16.1 Å². The van der Waals surface area contributed by atoms with E-state index in [1.807, 2.05) is 0 Å². The number of anilines is 1. The number of hydrogen-bond acceptors (Lipinski definition) is 3. The fraction of sp³-hybridized carbons (Fsp3) is 0.0714. The maximum absolute atomic E-state index is 13.1. The summed E-state index contributed by atoms with van der Waals surface area (Å²) in [7, 11) is 1.41. The highest BCUT2D eigenvalue weighted by Gasteiger charge is 2.13. The molecule has 0 unspecified atom stereocenters. The van der Waals surface area contributed by atoms with Gasteiger partial charge in [-0.1, -0.05) is 15.9 Å². The lowest BCUT2D eigenvalue weighted by Crippen LogP contribution is -2.13. The summed E-state index contributed by atoms with van der Waals surface area (Å²) in [6, 6.07) is 9.03. The van der Waals surface area contributed by atoms with E-state index in [0.717, 1.165) is 4.47 Å². The third kappa shape index (κ3) is 3.32. The molecule has 0 aromatic heterocycles. The van der Waals surface area contributed by atoms with Crippen LogP contribution in [0.15, 0.2) is 45.8 Å². The molecule has 2 rings (SSSR count). The number of carbonyl (C=O) groups excluding carboxylic acids is 1. The van der Waals surface area contributed by atoms with Gasteiger partial charge in [0.1, 0.15) is 11.6 Å². The van der Waals surface area contributed by atoms with Gasteiger partial charge in [-0.25, -0.2) is 4.39 Å². The van der Waals surface area contributed by atoms with Gasteiger partial charge in [0.25, 0.3) is 5.91 Å². The Morgan fingerprint density at radius 2 is 2.05 bits per heavy atom. The highest BCUT2D eigenvalue weighted by atomic mass is 79.9. The fourth-order valence-electron chi connectivity index (χ4n) is 1.65. The van der Waals surface area contributed by atoms with E-state index in [9.17, 15) is 9.18 Å². The number of carbonyl (C=O) groups is 1. The number of halogens is 2. The van der Waals surface area contributed by atoms with E-state index in [1.165, 1.54) is 25.3 Å². The summed E-state index contributed by atoms with van der Waals surface area (Å²) >= 11 is 7.56. The summed E-state index contributed by atoms with van der Waals surface area (Å²) < 4.78 is 19.0. The average Bonchev–Trinajstić information content (AvgIpc) is 2.40. The first-order valence-electron chi connectivity index (χ1n) is 5.64. The molecule has 0 radical (unpaired) electrons. The van der Waals surface area contributed by atoms with Crippen molar-refractivity contribution < 1.29 is 13.9 Å². The monoisotopic (exact) mass is 355 g/mol. The van der Waals surface area contributed by atoms with Crippen LogP contribution in [0.5, 0.6) is 5.75 Å². The van der Waals surface area contributed by atoms with Crippen LogP contribution in [0, 0.1) is 5.82 Å². The topological polar surface area (TPSA) is 38.3 Å². The minimum absolute atomic E-state index is 0.260. The third-order valence-corrected chi connectivity index (χ3v) is 3.48. The van der Waals surface area contributed by atoms with Gasteiger partial charge in [0.05, 0.1) is 18.4 Å². The molecule has 0 atom stereocenters. The predicted molar refractivity (Wildman–Crippen MR) is 82.3 cm³/mol. The van der Waals surface area contributed by atoms with Crippen molar-refractivity contribution in [3.05, 3.63) is 52.3 Å². The van der Waals surface area contributed by atoms with Gasteiger partial charge in [-0.3, -0.25) is 4.79 Å². The van der Waals surface area contributed by atoms with Crippen LogP contribution >= 0.6 is 28.6 Å². The van der Waals surface area contributed by atoms with E-state index in [2.05, 4.69) is 33.9 Å². The summed E-state index contributed by atoms with van der Waals surface area (Å²) in [6.45, 7) is 0. The molecule has 0 fully saturated rings. The molecule has 0 aliphatic carbocycles. The maximum Gasteiger partial charge on any atom is 0.256 e. The van der Waals surface area contributed by atoms with Crippen LogP contribution in [0.3, 0.4) is 0 Å². The SMILES string of the molecule is COc1cc(F)ccc1NC(=O)c1ccc(Br)cc1S. The van der Waals surface area contributed by atoms with Gasteiger partial charge in [0, 0.05) is 15.4 Å². The molecular weight excluding hydrogens is 345 g/mol. The molecule has 2 aromatic carbocycles. The molecule has 1 amide bonds. The van der Waals surface area contributed by atoms with Crippen molar-refractivity contribution in [3.8, 4) is 5.75 Å². The van der Waals surface area contributed by atoms with Gasteiger partial charge in [0.15, 0.2) is 0 Å². The van der Waals surface area contributed by atoms with Crippen LogP contribution in [0.2, 0.25) is 0 Å². The minimum atomic E-state index is -0.432. The number of amides is 1. The van der Waals surface area contributed by atoms with Crippen LogP contribution < -0.4 is 10.1 Å². The quantitative estimate of drug-likeness (QED) is 0.812. The lowest BCUT2D eigenvalue weighted by atomic mass is 10.2. The fourth-order valence-corrected chi connectivity index (χ4v) is 2.51. The van der Waals surface area contributed by atoms with Crippen LogP contribution in [-0.2, 0) is 0 Å². The van der Waals surface area contributed by atoms with Crippen molar-refractivity contribution in [1.82, 2.24) is 0 Å². The van der Waals surface area contributed by atoms with Crippen molar-refractivity contribution >= 4 is 40.2 Å². The van der Waals surface area contributed by atoms with Gasteiger partial charge >= 0.3 is 0 Å². The Kier molecular flexibility index (Phi) is 4.67. The molecule has 2 aromatic rings. The number of benzene rings is 2. The highest BCUT2D eigenvalue weighted by Crippen LogP contribution is 2.27. The van der Waals surface area contributed by atoms with Crippen LogP contribution in [0.4, 0.5) is 10.1 Å². The Bertz CT molecular complexity index is 664. The molecule has 20 heavy (non-hydrogen) atoms. The third-order valence-electron chi connectivity index (χ3n) is 2.62. The second-order valence-corrected chi connectivity index (χ2v) is 5.36. The molecule has 0 saturated carbocycles. The number of nitrogens with one attached hydrogen (secondary N) is 1. The van der Waals surface area contributed by atoms with E-state index < -0.39 is 5.82 Å². The molecule has 0 aliphatic rings. The standard InChI is InChI=1S/C14H11BrFNO2S/c1-19-12-7-9(16)3-5-11(12)17-14(18)10-4-2-8(15)6-13(10)20/h2-7,20H,1H3,(H,17,18). The molecule has 0 heterocycles. The van der Waals surface area contributed by atoms with E-state index in [1.54, 1.807) is 18.2 Å². The van der Waals surface area contributed by atoms with Crippen LogP contribution in [0.25, 0.3) is 0 Å². The first-order chi connectivity index (χ1) is 9.51. The van der Waals surface area contributed by atoms with Crippen LogP contribution in [-0.4, -0.2) is 13.0 Å². The zero-order chi connectivity index (χ0) is 14.7. The minimum Gasteiger partial charge on any atom is -0.494 e. The predicted octanol–water partition coefficient (Wildman–Crippen LogP) is 4.14. The molecule has 104 valence electrons. The first-order valence-corrected chi connectivity index (χ1v) is 6.88. The number of methoxy groups -OCH3 is 1. The molecular formula is C14H11BrFNO2S. The maximum atomic E-state index is 13.1. The molecule has 0 spiro atoms. The zero-order valence-corrected chi connectivity index (χ0v) is 13.0. The van der Waals surface area contributed by atoms with Gasteiger partial charge in [-0.05, 0) is 30.3 Å². The van der Waals surface area contributed by atoms with Crippen molar-refractivity contribution in [2.24, 2.45) is 0 Å². The van der Waals surface area contributed by atoms with Gasteiger partial charge < -0.3 is 10.1 Å². The van der Waals surface area contributed by atoms with Crippen molar-refractivity contribution in [2.45, 2.75) is 4.90 Å². The molecule has 0 aliphatic heterocycles. The molecule has 0 bridgehead atoms. The zero-order valence-electron chi connectivity index (χ0n) is 10.5. The lowest BCUT2D eigenvalue weighted by molar-refractivity contribution is 0.102. The molecule has 0 saturated heterocycles. The van der Waals surface area contributed by atoms with Crippen LogP contribution in [0.1, 0.15) is 10.4 Å². The summed E-state index contributed by atoms with van der Waals surface area (Å²) in [6.07, 6.45) is 0.